The standard InChI is InChI=1S/C18H15NO4/c20-17(19-11-14-7-4-10-22-14)12-23-18(21)16-9-3-6-13-5-1-2-8-15(13)16/h1-10H,11-12H2,(H,19,20). The van der Waals surface area contributed by atoms with Crippen molar-refractivity contribution in [2.45, 2.75) is 6.54 Å². The van der Waals surface area contributed by atoms with Crippen LogP contribution in [0.15, 0.2) is 65.3 Å². The van der Waals surface area contributed by atoms with Crippen molar-refractivity contribution in [3.05, 3.63) is 72.2 Å². The van der Waals surface area contributed by atoms with Crippen LogP contribution >= 0.6 is 0 Å². The summed E-state index contributed by atoms with van der Waals surface area (Å²) in [6.07, 6.45) is 1.53. The van der Waals surface area contributed by atoms with E-state index in [1.165, 1.54) is 6.26 Å². The first-order valence-electron chi connectivity index (χ1n) is 7.18. The van der Waals surface area contributed by atoms with Crippen LogP contribution in [0.2, 0.25) is 0 Å². The normalized spacial score (nSPS) is 10.4. The van der Waals surface area contributed by atoms with Crippen molar-refractivity contribution in [3.8, 4) is 0 Å². The predicted octanol–water partition coefficient (Wildman–Crippen LogP) is 2.91. The smallest absolute Gasteiger partial charge is 0.339 e. The lowest BCUT2D eigenvalue weighted by Gasteiger charge is -2.07. The van der Waals surface area contributed by atoms with Crippen molar-refractivity contribution < 1.29 is 18.7 Å². The summed E-state index contributed by atoms with van der Waals surface area (Å²) in [4.78, 5) is 23.9. The Morgan fingerprint density at radius 1 is 1.00 bits per heavy atom. The van der Waals surface area contributed by atoms with Crippen LogP contribution < -0.4 is 5.32 Å². The van der Waals surface area contributed by atoms with Crippen molar-refractivity contribution >= 4 is 22.6 Å². The number of amides is 1. The third kappa shape index (κ3) is 3.58. The molecular weight excluding hydrogens is 294 g/mol. The molecule has 0 saturated heterocycles. The number of carbonyl (C=O) groups excluding carboxylic acids is 2. The van der Waals surface area contributed by atoms with Crippen LogP contribution in [-0.2, 0) is 16.1 Å². The fraction of sp³-hybridized carbons (Fsp3) is 0.111. The molecule has 1 N–H and O–H groups in total. The van der Waals surface area contributed by atoms with Gasteiger partial charge in [-0.3, -0.25) is 4.79 Å². The first kappa shape index (κ1) is 14.8. The molecule has 2 aromatic carbocycles. The number of benzene rings is 2. The lowest BCUT2D eigenvalue weighted by molar-refractivity contribution is -0.124. The van der Waals surface area contributed by atoms with Gasteiger partial charge in [-0.1, -0.05) is 36.4 Å². The summed E-state index contributed by atoms with van der Waals surface area (Å²) >= 11 is 0. The highest BCUT2D eigenvalue weighted by atomic mass is 16.5. The Labute approximate surface area is 132 Å². The van der Waals surface area contributed by atoms with Gasteiger partial charge in [-0.2, -0.15) is 0 Å². The van der Waals surface area contributed by atoms with E-state index in [2.05, 4.69) is 5.32 Å². The summed E-state index contributed by atoms with van der Waals surface area (Å²) in [6, 6.07) is 16.4. The Morgan fingerprint density at radius 2 is 1.83 bits per heavy atom. The Kier molecular flexibility index (Phi) is 4.38. The van der Waals surface area contributed by atoms with Crippen molar-refractivity contribution in [3.63, 3.8) is 0 Å². The molecule has 0 radical (unpaired) electrons. The topological polar surface area (TPSA) is 68.5 Å². The number of nitrogens with one attached hydrogen (secondary N) is 1. The molecule has 116 valence electrons. The molecule has 0 aliphatic carbocycles. The van der Waals surface area contributed by atoms with Crippen molar-refractivity contribution in [1.29, 1.82) is 0 Å². The quantitative estimate of drug-likeness (QED) is 0.736. The lowest BCUT2D eigenvalue weighted by Crippen LogP contribution is -2.28. The highest BCUT2D eigenvalue weighted by Crippen LogP contribution is 2.19. The minimum Gasteiger partial charge on any atom is -0.467 e. The zero-order valence-corrected chi connectivity index (χ0v) is 12.3. The number of hydrogen-bond acceptors (Lipinski definition) is 4. The number of rotatable bonds is 5. The number of esters is 1. The number of ether oxygens (including phenoxy) is 1. The van der Waals surface area contributed by atoms with Gasteiger partial charge in [0.05, 0.1) is 18.4 Å². The number of fused-ring (bicyclic) bond motifs is 1. The number of carbonyl (C=O) groups is 2. The maximum atomic E-state index is 12.2. The average Bonchev–Trinajstić information content (AvgIpc) is 3.11. The van der Waals surface area contributed by atoms with Crippen LogP contribution in [0.4, 0.5) is 0 Å². The molecule has 0 bridgehead atoms. The molecule has 3 aromatic rings. The van der Waals surface area contributed by atoms with Crippen LogP contribution in [-0.4, -0.2) is 18.5 Å². The second kappa shape index (κ2) is 6.79. The molecule has 0 saturated carbocycles. The minimum atomic E-state index is -0.519. The molecule has 3 rings (SSSR count). The molecule has 0 spiro atoms. The maximum absolute atomic E-state index is 12.2. The van der Waals surface area contributed by atoms with Crippen LogP contribution in [0.1, 0.15) is 16.1 Å². The molecule has 1 aromatic heterocycles. The lowest BCUT2D eigenvalue weighted by atomic mass is 10.1. The van der Waals surface area contributed by atoms with E-state index in [4.69, 9.17) is 9.15 Å². The van der Waals surface area contributed by atoms with Gasteiger partial charge < -0.3 is 14.5 Å². The van der Waals surface area contributed by atoms with Gasteiger partial charge >= 0.3 is 5.97 Å². The van der Waals surface area contributed by atoms with Crippen LogP contribution in [0, 0.1) is 0 Å². The second-order valence-electron chi connectivity index (χ2n) is 4.96. The third-order valence-corrected chi connectivity index (χ3v) is 3.38. The molecule has 23 heavy (non-hydrogen) atoms. The van der Waals surface area contributed by atoms with Crippen LogP contribution in [0.25, 0.3) is 10.8 Å². The van der Waals surface area contributed by atoms with Gasteiger partial charge in [0.1, 0.15) is 5.76 Å². The van der Waals surface area contributed by atoms with E-state index < -0.39 is 5.97 Å². The summed E-state index contributed by atoms with van der Waals surface area (Å²) < 4.78 is 10.2. The van der Waals surface area contributed by atoms with Gasteiger partial charge in [-0.25, -0.2) is 4.79 Å². The van der Waals surface area contributed by atoms with E-state index in [0.29, 0.717) is 11.3 Å². The fourth-order valence-electron chi connectivity index (χ4n) is 2.26. The van der Waals surface area contributed by atoms with Gasteiger partial charge in [-0.05, 0) is 29.0 Å². The largest absolute Gasteiger partial charge is 0.467 e. The highest BCUT2D eigenvalue weighted by molar-refractivity contribution is 6.04. The molecule has 0 fully saturated rings. The van der Waals surface area contributed by atoms with Crippen LogP contribution in [0.3, 0.4) is 0 Å². The van der Waals surface area contributed by atoms with Gasteiger partial charge in [0, 0.05) is 0 Å². The highest BCUT2D eigenvalue weighted by Gasteiger charge is 2.13. The summed E-state index contributed by atoms with van der Waals surface area (Å²) in [7, 11) is 0. The van der Waals surface area contributed by atoms with E-state index >= 15 is 0 Å². The maximum Gasteiger partial charge on any atom is 0.339 e. The van der Waals surface area contributed by atoms with Gasteiger partial charge in [0.15, 0.2) is 6.61 Å². The molecule has 0 aliphatic rings. The summed E-state index contributed by atoms with van der Waals surface area (Å²) in [5, 5.41) is 4.37. The van der Waals surface area contributed by atoms with E-state index in [-0.39, 0.29) is 19.1 Å². The fourth-order valence-corrected chi connectivity index (χ4v) is 2.26. The second-order valence-corrected chi connectivity index (χ2v) is 4.96. The van der Waals surface area contributed by atoms with E-state index in [1.54, 1.807) is 24.3 Å². The Morgan fingerprint density at radius 3 is 2.65 bits per heavy atom. The van der Waals surface area contributed by atoms with Crippen LogP contribution in [0.5, 0.6) is 0 Å². The molecule has 0 unspecified atom stereocenters. The molecule has 1 amide bonds. The predicted molar refractivity (Wildman–Crippen MR) is 84.8 cm³/mol. The SMILES string of the molecule is O=C(COC(=O)c1cccc2ccccc12)NCc1ccco1. The van der Waals surface area contributed by atoms with Gasteiger partial charge in [0.2, 0.25) is 0 Å². The van der Waals surface area contributed by atoms with Crippen molar-refractivity contribution in [1.82, 2.24) is 5.32 Å². The summed E-state index contributed by atoms with van der Waals surface area (Å²) in [5.41, 5.74) is 0.446. The number of furan rings is 1. The third-order valence-electron chi connectivity index (χ3n) is 3.38. The average molecular weight is 309 g/mol. The Hall–Kier alpha value is -3.08. The monoisotopic (exact) mass is 309 g/mol. The van der Waals surface area contributed by atoms with Crippen molar-refractivity contribution in [2.24, 2.45) is 0 Å². The van der Waals surface area contributed by atoms with Crippen molar-refractivity contribution in [2.75, 3.05) is 6.61 Å². The summed E-state index contributed by atoms with van der Waals surface area (Å²) in [5.74, 6) is -0.260. The molecule has 5 nitrogen and oxygen atoms in total. The molecule has 0 atom stereocenters. The molecule has 5 heteroatoms. The Bertz CT molecular complexity index is 819. The minimum absolute atomic E-state index is 0.262. The van der Waals surface area contributed by atoms with E-state index in [1.807, 2.05) is 30.3 Å². The summed E-state index contributed by atoms with van der Waals surface area (Å²) in [6.45, 7) is -0.0690. The first-order valence-corrected chi connectivity index (χ1v) is 7.18. The zero-order valence-electron chi connectivity index (χ0n) is 12.3. The zero-order chi connectivity index (χ0) is 16.1. The van der Waals surface area contributed by atoms with Gasteiger partial charge in [0.25, 0.3) is 5.91 Å². The first-order chi connectivity index (χ1) is 11.2. The molecular formula is C18H15NO4. The van der Waals surface area contributed by atoms with E-state index in [0.717, 1.165) is 10.8 Å². The molecule has 1 heterocycles. The van der Waals surface area contributed by atoms with E-state index in [9.17, 15) is 9.59 Å². The number of hydrogen-bond donors (Lipinski definition) is 1. The van der Waals surface area contributed by atoms with Gasteiger partial charge in [-0.15, -0.1) is 0 Å². The molecule has 0 aliphatic heterocycles. The Balaban J connectivity index is 1.59.